The van der Waals surface area contributed by atoms with Gasteiger partial charge < -0.3 is 9.47 Å². The monoisotopic (exact) mass is 490 g/mol. The highest BCUT2D eigenvalue weighted by Crippen LogP contribution is 2.34. The van der Waals surface area contributed by atoms with Crippen LogP contribution in [0.25, 0.3) is 6.08 Å². The Kier molecular flexibility index (Phi) is 7.61. The Hall–Kier alpha value is -3.62. The van der Waals surface area contributed by atoms with Gasteiger partial charge in [0.1, 0.15) is 6.61 Å². The molecule has 1 fully saturated rings. The van der Waals surface area contributed by atoms with E-state index in [1.165, 1.54) is 0 Å². The third-order valence-electron chi connectivity index (χ3n) is 4.85. The second-order valence-electron chi connectivity index (χ2n) is 7.24. The van der Waals surface area contributed by atoms with Gasteiger partial charge in [-0.15, -0.1) is 0 Å². The number of benzene rings is 3. The molecular formula is C26H22N2O4S2. The molecule has 1 saturated heterocycles. The lowest BCUT2D eigenvalue weighted by Gasteiger charge is -2.15. The molecule has 0 aromatic heterocycles. The SMILES string of the molecule is CCOc1cc(C=C2SC(=S)N(NC(=O)c3ccccc3)C2=O)ccc1OCc1ccccc1. The number of thioether (sulfide) groups is 1. The number of hydrogen-bond donors (Lipinski definition) is 1. The zero-order chi connectivity index (χ0) is 23.9. The first-order valence-electron chi connectivity index (χ1n) is 10.6. The van der Waals surface area contributed by atoms with E-state index in [2.05, 4.69) is 5.43 Å². The first-order valence-corrected chi connectivity index (χ1v) is 11.8. The third-order valence-corrected chi connectivity index (χ3v) is 6.15. The van der Waals surface area contributed by atoms with E-state index < -0.39 is 5.91 Å². The number of nitrogens with one attached hydrogen (secondary N) is 1. The van der Waals surface area contributed by atoms with Crippen LogP contribution in [0.4, 0.5) is 0 Å². The Balaban J connectivity index is 1.49. The minimum absolute atomic E-state index is 0.258. The van der Waals surface area contributed by atoms with Crippen LogP contribution in [-0.4, -0.2) is 27.8 Å². The van der Waals surface area contributed by atoms with Gasteiger partial charge in [0.2, 0.25) is 0 Å². The van der Waals surface area contributed by atoms with Crippen LogP contribution in [0, 0.1) is 0 Å². The number of rotatable bonds is 8. The quantitative estimate of drug-likeness (QED) is 0.345. The molecular weight excluding hydrogens is 468 g/mol. The molecule has 8 heteroatoms. The van der Waals surface area contributed by atoms with E-state index in [4.69, 9.17) is 21.7 Å². The van der Waals surface area contributed by atoms with Crippen molar-refractivity contribution in [2.45, 2.75) is 13.5 Å². The average molecular weight is 491 g/mol. The van der Waals surface area contributed by atoms with Crippen molar-refractivity contribution in [3.63, 3.8) is 0 Å². The molecule has 0 bridgehead atoms. The molecule has 0 unspecified atom stereocenters. The summed E-state index contributed by atoms with van der Waals surface area (Å²) < 4.78 is 12.0. The zero-order valence-electron chi connectivity index (χ0n) is 18.4. The lowest BCUT2D eigenvalue weighted by molar-refractivity contribution is -0.123. The smallest absolute Gasteiger partial charge is 0.285 e. The van der Waals surface area contributed by atoms with Gasteiger partial charge in [-0.05, 0) is 60.6 Å². The highest BCUT2D eigenvalue weighted by Gasteiger charge is 2.33. The number of thiocarbonyl (C=S) groups is 1. The van der Waals surface area contributed by atoms with Gasteiger partial charge in [0.15, 0.2) is 15.8 Å². The molecule has 0 spiro atoms. The van der Waals surface area contributed by atoms with Crippen LogP contribution in [0.3, 0.4) is 0 Å². The Morgan fingerprint density at radius 2 is 1.71 bits per heavy atom. The molecule has 3 aromatic carbocycles. The van der Waals surface area contributed by atoms with Crippen LogP contribution in [0.5, 0.6) is 11.5 Å². The molecule has 3 aromatic rings. The molecule has 0 radical (unpaired) electrons. The van der Waals surface area contributed by atoms with Gasteiger partial charge in [-0.3, -0.25) is 15.0 Å². The summed E-state index contributed by atoms with van der Waals surface area (Å²) in [6.45, 7) is 2.78. The lowest BCUT2D eigenvalue weighted by Crippen LogP contribution is -2.44. The van der Waals surface area contributed by atoms with Crippen LogP contribution in [0.1, 0.15) is 28.4 Å². The number of amides is 2. The fraction of sp³-hybridized carbons (Fsp3) is 0.115. The summed E-state index contributed by atoms with van der Waals surface area (Å²) in [5, 5.41) is 1.10. The average Bonchev–Trinajstić information content (AvgIpc) is 3.12. The number of ether oxygens (including phenoxy) is 2. The summed E-state index contributed by atoms with van der Waals surface area (Å²) in [4.78, 5) is 25.8. The number of carbonyl (C=O) groups is 2. The largest absolute Gasteiger partial charge is 0.490 e. The Bertz CT molecular complexity index is 1230. The normalized spacial score (nSPS) is 14.4. The van der Waals surface area contributed by atoms with E-state index in [0.717, 1.165) is 27.9 Å². The molecule has 0 atom stereocenters. The Labute approximate surface area is 207 Å². The standard InChI is InChI=1S/C26H22N2O4S2/c1-2-31-22-15-19(13-14-21(22)32-17-18-9-5-3-6-10-18)16-23-25(30)28(26(33)34-23)27-24(29)20-11-7-4-8-12-20/h3-16H,2,17H2,1H3,(H,27,29). The van der Waals surface area contributed by atoms with E-state index in [1.54, 1.807) is 30.3 Å². The van der Waals surface area contributed by atoms with E-state index in [-0.39, 0.29) is 10.2 Å². The van der Waals surface area contributed by atoms with Crippen LogP contribution >= 0.6 is 24.0 Å². The van der Waals surface area contributed by atoms with Crippen molar-refractivity contribution in [3.05, 3.63) is 100 Å². The lowest BCUT2D eigenvalue weighted by atomic mass is 10.1. The van der Waals surface area contributed by atoms with Crippen LogP contribution < -0.4 is 14.9 Å². The Morgan fingerprint density at radius 3 is 2.41 bits per heavy atom. The number of nitrogens with zero attached hydrogens (tertiary/aromatic N) is 1. The van der Waals surface area contributed by atoms with Crippen molar-refractivity contribution >= 4 is 46.2 Å². The molecule has 0 saturated carbocycles. The highest BCUT2D eigenvalue weighted by molar-refractivity contribution is 8.26. The van der Waals surface area contributed by atoms with Crippen molar-refractivity contribution in [1.82, 2.24) is 10.4 Å². The predicted molar refractivity (Wildman–Crippen MR) is 137 cm³/mol. The van der Waals surface area contributed by atoms with E-state index in [9.17, 15) is 9.59 Å². The van der Waals surface area contributed by atoms with Crippen LogP contribution in [0.2, 0.25) is 0 Å². The second-order valence-corrected chi connectivity index (χ2v) is 8.91. The molecule has 1 heterocycles. The fourth-order valence-corrected chi connectivity index (χ4v) is 4.39. The maximum Gasteiger partial charge on any atom is 0.285 e. The summed E-state index contributed by atoms with van der Waals surface area (Å²) in [5.41, 5.74) is 4.82. The minimum atomic E-state index is -0.406. The van der Waals surface area contributed by atoms with E-state index >= 15 is 0 Å². The number of carbonyl (C=O) groups excluding carboxylic acids is 2. The molecule has 2 amide bonds. The molecule has 1 aliphatic heterocycles. The van der Waals surface area contributed by atoms with Crippen LogP contribution in [0.15, 0.2) is 83.8 Å². The van der Waals surface area contributed by atoms with E-state index in [1.807, 2.05) is 61.5 Å². The van der Waals surface area contributed by atoms with Crippen molar-refractivity contribution in [2.75, 3.05) is 6.61 Å². The molecule has 4 rings (SSSR count). The van der Waals surface area contributed by atoms with Gasteiger partial charge in [-0.25, -0.2) is 0 Å². The van der Waals surface area contributed by atoms with Crippen molar-refractivity contribution in [1.29, 1.82) is 0 Å². The Morgan fingerprint density at radius 1 is 1.00 bits per heavy atom. The zero-order valence-corrected chi connectivity index (χ0v) is 20.0. The van der Waals surface area contributed by atoms with Gasteiger partial charge in [-0.2, -0.15) is 5.01 Å². The van der Waals surface area contributed by atoms with Gasteiger partial charge in [0.05, 0.1) is 11.5 Å². The first-order chi connectivity index (χ1) is 16.5. The summed E-state index contributed by atoms with van der Waals surface area (Å²) >= 11 is 6.44. The van der Waals surface area contributed by atoms with Crippen molar-refractivity contribution in [3.8, 4) is 11.5 Å². The van der Waals surface area contributed by atoms with Gasteiger partial charge in [0.25, 0.3) is 11.8 Å². The minimum Gasteiger partial charge on any atom is -0.490 e. The molecule has 1 N–H and O–H groups in total. The summed E-state index contributed by atoms with van der Waals surface area (Å²) in [7, 11) is 0. The maximum atomic E-state index is 12.9. The molecule has 1 aliphatic rings. The van der Waals surface area contributed by atoms with Gasteiger partial charge in [0, 0.05) is 5.56 Å². The number of hydrogen-bond acceptors (Lipinski definition) is 6. The van der Waals surface area contributed by atoms with Gasteiger partial charge in [-0.1, -0.05) is 66.4 Å². The van der Waals surface area contributed by atoms with E-state index in [0.29, 0.717) is 35.2 Å². The van der Waals surface area contributed by atoms with Crippen molar-refractivity contribution < 1.29 is 19.1 Å². The first kappa shape index (κ1) is 23.5. The number of hydrazine groups is 1. The summed E-state index contributed by atoms with van der Waals surface area (Å²) in [6.07, 6.45) is 1.72. The molecule has 34 heavy (non-hydrogen) atoms. The van der Waals surface area contributed by atoms with Gasteiger partial charge >= 0.3 is 0 Å². The molecule has 0 aliphatic carbocycles. The third kappa shape index (κ3) is 5.65. The maximum absolute atomic E-state index is 12.9. The molecule has 6 nitrogen and oxygen atoms in total. The molecule has 172 valence electrons. The fourth-order valence-electron chi connectivity index (χ4n) is 3.21. The topological polar surface area (TPSA) is 67.9 Å². The predicted octanol–water partition coefficient (Wildman–Crippen LogP) is 5.21. The summed E-state index contributed by atoms with van der Waals surface area (Å²) in [6, 6.07) is 24.0. The highest BCUT2D eigenvalue weighted by atomic mass is 32.2. The van der Waals surface area contributed by atoms with Crippen molar-refractivity contribution in [2.24, 2.45) is 0 Å². The second kappa shape index (κ2) is 11.0. The summed E-state index contributed by atoms with van der Waals surface area (Å²) in [5.74, 6) is 0.406. The van der Waals surface area contributed by atoms with Crippen LogP contribution in [-0.2, 0) is 11.4 Å².